The minimum Gasteiger partial charge on any atom is -0.390 e. The molecule has 0 aliphatic rings. The van der Waals surface area contributed by atoms with Crippen LogP contribution in [0.5, 0.6) is 0 Å². The number of halogens is 1. The van der Waals surface area contributed by atoms with Gasteiger partial charge in [-0.25, -0.2) is 0 Å². The Bertz CT molecular complexity index is 1120. The maximum absolute atomic E-state index is 13.8. The number of carbonyl (C=O) groups is 3. The molecular formula is C30H43BrN4O4. The Kier molecular flexibility index (Phi) is 13.1. The lowest BCUT2D eigenvalue weighted by Crippen LogP contribution is -2.47. The van der Waals surface area contributed by atoms with Gasteiger partial charge in [0.25, 0.3) is 11.8 Å². The highest BCUT2D eigenvalue weighted by atomic mass is 79.9. The van der Waals surface area contributed by atoms with Crippen LogP contribution in [0.15, 0.2) is 46.9 Å². The predicted octanol–water partition coefficient (Wildman–Crippen LogP) is 4.23. The van der Waals surface area contributed by atoms with Crippen molar-refractivity contribution in [2.75, 3.05) is 26.2 Å². The van der Waals surface area contributed by atoms with Crippen LogP contribution in [0, 0.1) is 5.92 Å². The monoisotopic (exact) mass is 602 g/mol. The molecule has 9 heteroatoms. The van der Waals surface area contributed by atoms with Gasteiger partial charge in [-0.2, -0.15) is 0 Å². The molecule has 3 amide bonds. The number of primary amides is 1. The molecule has 214 valence electrons. The number of benzene rings is 2. The first-order valence-corrected chi connectivity index (χ1v) is 14.5. The van der Waals surface area contributed by atoms with Gasteiger partial charge in [-0.1, -0.05) is 55.8 Å². The van der Waals surface area contributed by atoms with Gasteiger partial charge in [0, 0.05) is 53.4 Å². The first-order valence-electron chi connectivity index (χ1n) is 13.7. The molecule has 0 bridgehead atoms. The number of aliphatic hydroxyl groups is 1. The lowest BCUT2D eigenvalue weighted by Gasteiger charge is -2.29. The molecule has 0 aliphatic heterocycles. The van der Waals surface area contributed by atoms with Crippen molar-refractivity contribution in [2.24, 2.45) is 17.4 Å². The second-order valence-corrected chi connectivity index (χ2v) is 11.4. The Balaban J connectivity index is 2.36. The Morgan fingerprint density at radius 1 is 0.897 bits per heavy atom. The van der Waals surface area contributed by atoms with Gasteiger partial charge in [0.05, 0.1) is 6.10 Å². The van der Waals surface area contributed by atoms with Crippen molar-refractivity contribution in [3.63, 3.8) is 0 Å². The molecular weight excluding hydrogens is 560 g/mol. The van der Waals surface area contributed by atoms with Crippen molar-refractivity contribution in [1.82, 2.24) is 9.80 Å². The third-order valence-corrected chi connectivity index (χ3v) is 7.00. The van der Waals surface area contributed by atoms with Crippen LogP contribution in [-0.2, 0) is 6.42 Å². The van der Waals surface area contributed by atoms with E-state index in [0.29, 0.717) is 38.4 Å². The summed E-state index contributed by atoms with van der Waals surface area (Å²) < 4.78 is 0.923. The summed E-state index contributed by atoms with van der Waals surface area (Å²) in [6.45, 7) is 9.63. The molecule has 2 aromatic rings. The summed E-state index contributed by atoms with van der Waals surface area (Å²) in [5, 5.41) is 11.0. The van der Waals surface area contributed by atoms with E-state index in [2.05, 4.69) is 29.8 Å². The second-order valence-electron chi connectivity index (χ2n) is 10.5. The number of nitrogens with two attached hydrogens (primary N) is 2. The van der Waals surface area contributed by atoms with Crippen LogP contribution < -0.4 is 11.5 Å². The van der Waals surface area contributed by atoms with Crippen molar-refractivity contribution in [2.45, 2.75) is 65.5 Å². The summed E-state index contributed by atoms with van der Waals surface area (Å²) in [5.74, 6) is -1.04. The van der Waals surface area contributed by atoms with Crippen molar-refractivity contribution in [1.29, 1.82) is 0 Å². The lowest BCUT2D eigenvalue weighted by molar-refractivity contribution is 0.0563. The quantitative estimate of drug-likeness (QED) is 0.281. The summed E-state index contributed by atoms with van der Waals surface area (Å²) in [6.07, 6.45) is 1.74. The number of nitrogens with zero attached hydrogens (tertiary/aromatic N) is 2. The van der Waals surface area contributed by atoms with Crippen molar-refractivity contribution >= 4 is 33.7 Å². The zero-order valence-corrected chi connectivity index (χ0v) is 25.1. The fourth-order valence-electron chi connectivity index (χ4n) is 4.36. The highest BCUT2D eigenvalue weighted by Gasteiger charge is 2.26. The van der Waals surface area contributed by atoms with Gasteiger partial charge >= 0.3 is 0 Å². The third kappa shape index (κ3) is 10.1. The first-order chi connectivity index (χ1) is 18.5. The molecule has 0 fully saturated rings. The summed E-state index contributed by atoms with van der Waals surface area (Å²) >= 11 is 3.45. The van der Waals surface area contributed by atoms with E-state index in [9.17, 15) is 19.5 Å². The standard InChI is InChI=1S/C30H43BrN4O4/c1-5-11-34(12-6-2)29(38)23-16-22(28(33)37)17-24(18-23)30(39)35(13-10-20(3)4)19-27(36)26(32)15-21-8-7-9-25(31)14-21/h7-9,14,16-18,20,26-27,36H,5-6,10-13,15,19,32H2,1-4H3,(H2,33,37)/t26-,27+/m0/s1. The van der Waals surface area contributed by atoms with E-state index in [-0.39, 0.29) is 35.0 Å². The smallest absolute Gasteiger partial charge is 0.253 e. The Morgan fingerprint density at radius 3 is 1.97 bits per heavy atom. The van der Waals surface area contributed by atoms with Crippen LogP contribution in [-0.4, -0.2) is 71.0 Å². The van der Waals surface area contributed by atoms with Gasteiger partial charge in [-0.3, -0.25) is 14.4 Å². The van der Waals surface area contributed by atoms with Gasteiger partial charge in [0.1, 0.15) is 0 Å². The zero-order chi connectivity index (χ0) is 29.1. The molecule has 5 N–H and O–H groups in total. The van der Waals surface area contributed by atoms with Crippen LogP contribution in [0.2, 0.25) is 0 Å². The van der Waals surface area contributed by atoms with Crippen molar-refractivity contribution < 1.29 is 19.5 Å². The molecule has 0 saturated heterocycles. The van der Waals surface area contributed by atoms with Crippen LogP contribution in [0.1, 0.15) is 83.6 Å². The van der Waals surface area contributed by atoms with E-state index in [1.165, 1.54) is 18.2 Å². The second kappa shape index (κ2) is 15.7. The zero-order valence-electron chi connectivity index (χ0n) is 23.5. The van der Waals surface area contributed by atoms with Gasteiger partial charge in [-0.15, -0.1) is 0 Å². The fraction of sp³-hybridized carbons (Fsp3) is 0.500. The summed E-state index contributed by atoms with van der Waals surface area (Å²) in [5.41, 5.74) is 13.4. The number of carbonyl (C=O) groups excluding carboxylic acids is 3. The normalized spacial score (nSPS) is 12.7. The van der Waals surface area contributed by atoms with Crippen LogP contribution in [0.25, 0.3) is 0 Å². The van der Waals surface area contributed by atoms with Gasteiger partial charge in [0.2, 0.25) is 5.91 Å². The maximum Gasteiger partial charge on any atom is 0.253 e. The Hall–Kier alpha value is -2.75. The molecule has 0 aromatic heterocycles. The van der Waals surface area contributed by atoms with E-state index in [1.54, 1.807) is 9.80 Å². The molecule has 0 unspecified atom stereocenters. The maximum atomic E-state index is 13.8. The minimum absolute atomic E-state index is 0.0165. The van der Waals surface area contributed by atoms with Crippen molar-refractivity contribution in [3.05, 3.63) is 69.2 Å². The summed E-state index contributed by atoms with van der Waals surface area (Å²) in [6, 6.07) is 11.5. The molecule has 0 spiro atoms. The predicted molar refractivity (Wildman–Crippen MR) is 159 cm³/mol. The number of rotatable bonds is 15. The number of hydrogen-bond donors (Lipinski definition) is 3. The SMILES string of the molecule is CCCN(CCC)C(=O)c1cc(C(N)=O)cc(C(=O)N(CCC(C)C)C[C@@H](O)[C@@H](N)Cc2cccc(Br)c2)c1. The van der Waals surface area contributed by atoms with Crippen molar-refractivity contribution in [3.8, 4) is 0 Å². The van der Waals surface area contributed by atoms with Gasteiger partial charge in [-0.05, 0) is 67.5 Å². The molecule has 0 saturated carbocycles. The van der Waals surface area contributed by atoms with Crippen LogP contribution >= 0.6 is 15.9 Å². The van der Waals surface area contributed by atoms with E-state index in [0.717, 1.165) is 22.9 Å². The van der Waals surface area contributed by atoms with Crippen LogP contribution in [0.4, 0.5) is 0 Å². The highest BCUT2D eigenvalue weighted by molar-refractivity contribution is 9.10. The molecule has 8 nitrogen and oxygen atoms in total. The van der Waals surface area contributed by atoms with Crippen LogP contribution in [0.3, 0.4) is 0 Å². The summed E-state index contributed by atoms with van der Waals surface area (Å²) in [7, 11) is 0. The Morgan fingerprint density at radius 2 is 1.46 bits per heavy atom. The van der Waals surface area contributed by atoms with E-state index in [1.807, 2.05) is 38.1 Å². The van der Waals surface area contributed by atoms with Gasteiger partial charge < -0.3 is 26.4 Å². The number of aliphatic hydroxyl groups excluding tert-OH is 1. The Labute approximate surface area is 240 Å². The molecule has 0 aliphatic carbocycles. The molecule has 0 heterocycles. The molecule has 0 radical (unpaired) electrons. The lowest BCUT2D eigenvalue weighted by atomic mass is 10.00. The minimum atomic E-state index is -0.981. The van der Waals surface area contributed by atoms with E-state index in [4.69, 9.17) is 11.5 Å². The van der Waals surface area contributed by atoms with Gasteiger partial charge in [0.15, 0.2) is 0 Å². The average molecular weight is 604 g/mol. The fourth-order valence-corrected chi connectivity index (χ4v) is 4.81. The number of hydrogen-bond acceptors (Lipinski definition) is 5. The topological polar surface area (TPSA) is 130 Å². The molecule has 39 heavy (non-hydrogen) atoms. The third-order valence-electron chi connectivity index (χ3n) is 6.51. The molecule has 2 atom stereocenters. The largest absolute Gasteiger partial charge is 0.390 e. The first kappa shape index (κ1) is 32.5. The molecule has 2 rings (SSSR count). The summed E-state index contributed by atoms with van der Waals surface area (Å²) in [4.78, 5) is 42.5. The van der Waals surface area contributed by atoms with E-state index >= 15 is 0 Å². The molecule has 2 aromatic carbocycles. The van der Waals surface area contributed by atoms with E-state index < -0.39 is 18.1 Å². The average Bonchev–Trinajstić information content (AvgIpc) is 2.89. The number of amides is 3. The highest BCUT2D eigenvalue weighted by Crippen LogP contribution is 2.18.